The molecule has 2 amide bonds. The fourth-order valence-electron chi connectivity index (χ4n) is 2.33. The molecule has 2 aromatic rings. The summed E-state index contributed by atoms with van der Waals surface area (Å²) in [6.07, 6.45) is 1.73. The first kappa shape index (κ1) is 17.3. The van der Waals surface area contributed by atoms with Gasteiger partial charge in [-0.15, -0.1) is 11.3 Å². The van der Waals surface area contributed by atoms with Gasteiger partial charge >= 0.3 is 6.03 Å². The van der Waals surface area contributed by atoms with Gasteiger partial charge in [-0.05, 0) is 55.8 Å². The van der Waals surface area contributed by atoms with Crippen molar-refractivity contribution in [3.05, 3.63) is 52.2 Å². The Kier molecular flexibility index (Phi) is 6.04. The quantitative estimate of drug-likeness (QED) is 0.834. The SMILES string of the molecule is CC(CCc1ccc(O)cc1)NC(=O)N(C)C(C)c1cccs1. The van der Waals surface area contributed by atoms with Crippen molar-refractivity contribution in [3.63, 3.8) is 0 Å². The normalized spacial score (nSPS) is 13.3. The van der Waals surface area contributed by atoms with Crippen LogP contribution in [-0.4, -0.2) is 29.1 Å². The summed E-state index contributed by atoms with van der Waals surface area (Å²) < 4.78 is 0. The van der Waals surface area contributed by atoms with Crippen LogP contribution < -0.4 is 5.32 Å². The van der Waals surface area contributed by atoms with Crippen LogP contribution in [0.5, 0.6) is 5.75 Å². The number of nitrogens with zero attached hydrogens (tertiary/aromatic N) is 1. The largest absolute Gasteiger partial charge is 0.508 e. The summed E-state index contributed by atoms with van der Waals surface area (Å²) >= 11 is 1.66. The molecule has 0 spiro atoms. The van der Waals surface area contributed by atoms with E-state index in [-0.39, 0.29) is 23.9 Å². The van der Waals surface area contributed by atoms with Gasteiger partial charge in [0.15, 0.2) is 0 Å². The minimum absolute atomic E-state index is 0.0518. The van der Waals surface area contributed by atoms with E-state index in [4.69, 9.17) is 0 Å². The number of benzene rings is 1. The summed E-state index contributed by atoms with van der Waals surface area (Å²) in [5.41, 5.74) is 1.16. The smallest absolute Gasteiger partial charge is 0.317 e. The van der Waals surface area contributed by atoms with Crippen LogP contribution in [-0.2, 0) is 6.42 Å². The van der Waals surface area contributed by atoms with Gasteiger partial charge in [0.2, 0.25) is 0 Å². The lowest BCUT2D eigenvalue weighted by atomic mass is 10.1. The zero-order valence-electron chi connectivity index (χ0n) is 13.8. The molecule has 2 atom stereocenters. The Hall–Kier alpha value is -2.01. The standard InChI is InChI=1S/C18H24N2O2S/c1-13(6-7-15-8-10-16(21)11-9-15)19-18(22)20(3)14(2)17-5-4-12-23-17/h4-5,8-14,21H,6-7H2,1-3H3,(H,19,22). The molecule has 124 valence electrons. The summed E-state index contributed by atoms with van der Waals surface area (Å²) in [5.74, 6) is 0.277. The number of hydrogen-bond acceptors (Lipinski definition) is 3. The summed E-state index contributed by atoms with van der Waals surface area (Å²) in [4.78, 5) is 15.3. The molecule has 1 aromatic carbocycles. The molecule has 0 fully saturated rings. The first-order valence-electron chi connectivity index (χ1n) is 7.82. The number of hydrogen-bond donors (Lipinski definition) is 2. The number of urea groups is 1. The molecule has 4 nitrogen and oxygen atoms in total. The highest BCUT2D eigenvalue weighted by molar-refractivity contribution is 7.10. The molecule has 23 heavy (non-hydrogen) atoms. The topological polar surface area (TPSA) is 52.6 Å². The van der Waals surface area contributed by atoms with Crippen LogP contribution >= 0.6 is 11.3 Å². The predicted molar refractivity (Wildman–Crippen MR) is 94.9 cm³/mol. The van der Waals surface area contributed by atoms with Crippen LogP contribution in [0.2, 0.25) is 0 Å². The maximum atomic E-state index is 12.3. The van der Waals surface area contributed by atoms with E-state index in [1.807, 2.05) is 50.5 Å². The minimum atomic E-state index is -0.0518. The summed E-state index contributed by atoms with van der Waals surface area (Å²) in [5, 5.41) is 14.4. The predicted octanol–water partition coefficient (Wildman–Crippen LogP) is 4.18. The minimum Gasteiger partial charge on any atom is -0.508 e. The van der Waals surface area contributed by atoms with Gasteiger partial charge in [-0.25, -0.2) is 4.79 Å². The molecule has 0 aliphatic carbocycles. The van der Waals surface area contributed by atoms with Crippen molar-refractivity contribution in [1.29, 1.82) is 0 Å². The maximum Gasteiger partial charge on any atom is 0.317 e. The Balaban J connectivity index is 1.80. The summed E-state index contributed by atoms with van der Waals surface area (Å²) in [6.45, 7) is 4.05. The lowest BCUT2D eigenvalue weighted by molar-refractivity contribution is 0.191. The van der Waals surface area contributed by atoms with Gasteiger partial charge < -0.3 is 15.3 Å². The van der Waals surface area contributed by atoms with Crippen molar-refractivity contribution >= 4 is 17.4 Å². The monoisotopic (exact) mass is 332 g/mol. The van der Waals surface area contributed by atoms with Crippen LogP contribution in [0.15, 0.2) is 41.8 Å². The van der Waals surface area contributed by atoms with Gasteiger partial charge in [-0.1, -0.05) is 18.2 Å². The Morgan fingerprint density at radius 2 is 1.96 bits per heavy atom. The number of nitrogens with one attached hydrogen (secondary N) is 1. The van der Waals surface area contributed by atoms with Gasteiger partial charge in [-0.2, -0.15) is 0 Å². The highest BCUT2D eigenvalue weighted by atomic mass is 32.1. The molecule has 1 heterocycles. The summed E-state index contributed by atoms with van der Waals surface area (Å²) in [6, 6.07) is 11.4. The average molecular weight is 332 g/mol. The number of rotatable bonds is 6. The molecule has 0 saturated heterocycles. The fraction of sp³-hybridized carbons (Fsp3) is 0.389. The number of carbonyl (C=O) groups excluding carboxylic acids is 1. The molecule has 0 saturated carbocycles. The van der Waals surface area contributed by atoms with Crippen molar-refractivity contribution in [2.75, 3.05) is 7.05 Å². The van der Waals surface area contributed by atoms with Crippen molar-refractivity contribution in [2.45, 2.75) is 38.8 Å². The molecule has 0 bridgehead atoms. The van der Waals surface area contributed by atoms with Gasteiger partial charge in [0.25, 0.3) is 0 Å². The zero-order chi connectivity index (χ0) is 16.8. The Labute approximate surface area is 141 Å². The van der Waals surface area contributed by atoms with E-state index in [2.05, 4.69) is 5.32 Å². The van der Waals surface area contributed by atoms with E-state index >= 15 is 0 Å². The number of phenolic OH excluding ortho intramolecular Hbond substituents is 1. The van der Waals surface area contributed by atoms with Gasteiger partial charge in [-0.3, -0.25) is 0 Å². The van der Waals surface area contributed by atoms with Crippen LogP contribution in [0.25, 0.3) is 0 Å². The summed E-state index contributed by atoms with van der Waals surface area (Å²) in [7, 11) is 1.83. The number of phenols is 1. The Morgan fingerprint density at radius 3 is 2.57 bits per heavy atom. The van der Waals surface area contributed by atoms with Crippen LogP contribution in [0.3, 0.4) is 0 Å². The number of aromatic hydroxyl groups is 1. The fourth-order valence-corrected chi connectivity index (χ4v) is 3.15. The van der Waals surface area contributed by atoms with E-state index in [9.17, 15) is 9.90 Å². The van der Waals surface area contributed by atoms with Crippen LogP contribution in [0.1, 0.15) is 36.8 Å². The number of thiophene rings is 1. The second-order valence-electron chi connectivity index (χ2n) is 5.86. The van der Waals surface area contributed by atoms with Gasteiger partial charge in [0.1, 0.15) is 5.75 Å². The lowest BCUT2D eigenvalue weighted by Gasteiger charge is -2.26. The van der Waals surface area contributed by atoms with E-state index in [0.29, 0.717) is 0 Å². The van der Waals surface area contributed by atoms with Gasteiger partial charge in [0, 0.05) is 18.0 Å². The van der Waals surface area contributed by atoms with E-state index < -0.39 is 0 Å². The molecule has 0 radical (unpaired) electrons. The molecule has 0 aliphatic rings. The average Bonchev–Trinajstić information content (AvgIpc) is 3.07. The third-order valence-corrected chi connectivity index (χ3v) is 5.07. The van der Waals surface area contributed by atoms with Gasteiger partial charge in [0.05, 0.1) is 6.04 Å². The third-order valence-electron chi connectivity index (χ3n) is 4.03. The van der Waals surface area contributed by atoms with E-state index in [0.717, 1.165) is 18.4 Å². The molecular weight excluding hydrogens is 308 g/mol. The maximum absolute atomic E-state index is 12.3. The molecule has 0 aliphatic heterocycles. The highest BCUT2D eigenvalue weighted by Gasteiger charge is 2.19. The number of aryl methyl sites for hydroxylation is 1. The molecule has 2 N–H and O–H groups in total. The second kappa shape index (κ2) is 8.02. The molecule has 5 heteroatoms. The van der Waals surface area contributed by atoms with Crippen LogP contribution in [0.4, 0.5) is 4.79 Å². The molecular formula is C18H24N2O2S. The third kappa shape index (κ3) is 4.99. The number of amides is 2. The molecule has 1 aromatic heterocycles. The highest BCUT2D eigenvalue weighted by Crippen LogP contribution is 2.23. The molecule has 2 unspecified atom stereocenters. The van der Waals surface area contributed by atoms with Crippen molar-refractivity contribution in [2.24, 2.45) is 0 Å². The lowest BCUT2D eigenvalue weighted by Crippen LogP contribution is -2.42. The van der Waals surface area contributed by atoms with E-state index in [1.54, 1.807) is 28.4 Å². The Bertz CT molecular complexity index is 610. The van der Waals surface area contributed by atoms with Crippen molar-refractivity contribution < 1.29 is 9.90 Å². The zero-order valence-corrected chi connectivity index (χ0v) is 14.6. The van der Waals surface area contributed by atoms with Crippen molar-refractivity contribution in [3.8, 4) is 5.75 Å². The second-order valence-corrected chi connectivity index (χ2v) is 6.84. The number of carbonyl (C=O) groups is 1. The van der Waals surface area contributed by atoms with Crippen molar-refractivity contribution in [1.82, 2.24) is 10.2 Å². The Morgan fingerprint density at radius 1 is 1.26 bits per heavy atom. The van der Waals surface area contributed by atoms with E-state index in [1.165, 1.54) is 4.88 Å². The molecule has 2 rings (SSSR count). The first-order valence-corrected chi connectivity index (χ1v) is 8.70. The first-order chi connectivity index (χ1) is 11.0. The van der Waals surface area contributed by atoms with Crippen LogP contribution in [0, 0.1) is 0 Å².